The maximum Gasteiger partial charge on any atom is 0.341 e. The van der Waals surface area contributed by atoms with Gasteiger partial charge in [-0.15, -0.1) is 11.3 Å². The first kappa shape index (κ1) is 16.7. The van der Waals surface area contributed by atoms with Crippen molar-refractivity contribution in [3.8, 4) is 11.1 Å². The lowest BCUT2D eigenvalue weighted by Crippen LogP contribution is -2.27. The lowest BCUT2D eigenvalue weighted by Gasteiger charge is -2.11. The van der Waals surface area contributed by atoms with Crippen molar-refractivity contribution in [1.29, 1.82) is 0 Å². The van der Waals surface area contributed by atoms with Gasteiger partial charge in [0.25, 0.3) is 5.91 Å². The highest BCUT2D eigenvalue weighted by molar-refractivity contribution is 7.17. The Morgan fingerprint density at radius 3 is 2.67 bits per heavy atom. The van der Waals surface area contributed by atoms with Crippen LogP contribution in [-0.2, 0) is 14.3 Å². The van der Waals surface area contributed by atoms with Gasteiger partial charge in [-0.2, -0.15) is 0 Å². The second-order valence-electron chi connectivity index (χ2n) is 5.59. The van der Waals surface area contributed by atoms with Gasteiger partial charge in [-0.25, -0.2) is 4.79 Å². The van der Waals surface area contributed by atoms with Gasteiger partial charge in [0.1, 0.15) is 16.7 Å². The van der Waals surface area contributed by atoms with E-state index in [-0.39, 0.29) is 5.91 Å². The summed E-state index contributed by atoms with van der Waals surface area (Å²) < 4.78 is 10.4. The highest BCUT2D eigenvalue weighted by Gasteiger charge is 2.28. The van der Waals surface area contributed by atoms with Crippen molar-refractivity contribution < 1.29 is 19.1 Å². The van der Waals surface area contributed by atoms with Gasteiger partial charge < -0.3 is 14.8 Å². The zero-order valence-electron chi connectivity index (χ0n) is 13.6. The monoisotopic (exact) mass is 345 g/mol. The van der Waals surface area contributed by atoms with Gasteiger partial charge in [0.15, 0.2) is 0 Å². The number of nitrogens with one attached hydrogen (secondary N) is 1. The van der Waals surface area contributed by atoms with Gasteiger partial charge in [-0.1, -0.05) is 30.3 Å². The number of thiophene rings is 1. The predicted molar refractivity (Wildman–Crippen MR) is 93.4 cm³/mol. The van der Waals surface area contributed by atoms with Gasteiger partial charge >= 0.3 is 5.97 Å². The number of hydrogen-bond donors (Lipinski definition) is 1. The summed E-state index contributed by atoms with van der Waals surface area (Å²) in [6.45, 7) is 2.53. The molecule has 2 heterocycles. The van der Waals surface area contributed by atoms with E-state index in [4.69, 9.17) is 9.47 Å². The Morgan fingerprint density at radius 1 is 1.29 bits per heavy atom. The van der Waals surface area contributed by atoms with Gasteiger partial charge in [0.2, 0.25) is 0 Å². The molecule has 0 radical (unpaired) electrons. The first-order valence-electron chi connectivity index (χ1n) is 7.81. The van der Waals surface area contributed by atoms with Crippen LogP contribution >= 0.6 is 11.3 Å². The highest BCUT2D eigenvalue weighted by atomic mass is 32.1. The molecule has 1 N–H and O–H groups in total. The third-order valence-electron chi connectivity index (χ3n) is 4.00. The molecular formula is C18H19NO4S. The number of amides is 1. The largest absolute Gasteiger partial charge is 0.465 e. The first-order valence-corrected chi connectivity index (χ1v) is 8.63. The van der Waals surface area contributed by atoms with E-state index in [2.05, 4.69) is 5.32 Å². The quantitative estimate of drug-likeness (QED) is 0.860. The van der Waals surface area contributed by atoms with E-state index in [9.17, 15) is 9.59 Å². The molecule has 0 spiro atoms. The molecule has 0 bridgehead atoms. The van der Waals surface area contributed by atoms with Crippen LogP contribution in [0.3, 0.4) is 0 Å². The molecule has 1 aromatic carbocycles. The van der Waals surface area contributed by atoms with E-state index in [0.717, 1.165) is 22.4 Å². The summed E-state index contributed by atoms with van der Waals surface area (Å²) in [7, 11) is 1.34. The lowest BCUT2D eigenvalue weighted by molar-refractivity contribution is -0.124. The number of carbonyl (C=O) groups is 2. The second-order valence-corrected chi connectivity index (χ2v) is 6.81. The van der Waals surface area contributed by atoms with Crippen molar-refractivity contribution in [2.75, 3.05) is 19.0 Å². The number of ether oxygens (including phenoxy) is 2. The molecule has 1 aromatic heterocycles. The fraction of sp³-hybridized carbons (Fsp3) is 0.333. The van der Waals surface area contributed by atoms with Crippen LogP contribution in [0.25, 0.3) is 11.1 Å². The van der Waals surface area contributed by atoms with Crippen LogP contribution in [0.1, 0.15) is 28.1 Å². The average molecular weight is 345 g/mol. The van der Waals surface area contributed by atoms with Crippen LogP contribution in [0.15, 0.2) is 30.3 Å². The van der Waals surface area contributed by atoms with Gasteiger partial charge in [-0.05, 0) is 25.3 Å². The van der Waals surface area contributed by atoms with Crippen molar-refractivity contribution in [2.24, 2.45) is 0 Å². The molecule has 1 amide bonds. The fourth-order valence-electron chi connectivity index (χ4n) is 2.86. The minimum Gasteiger partial charge on any atom is -0.465 e. The smallest absolute Gasteiger partial charge is 0.341 e. The number of benzene rings is 1. The molecule has 1 aliphatic rings. The summed E-state index contributed by atoms with van der Waals surface area (Å²) in [5, 5.41) is 3.37. The van der Waals surface area contributed by atoms with Gasteiger partial charge in [0, 0.05) is 17.0 Å². The topological polar surface area (TPSA) is 64.6 Å². The molecule has 1 aliphatic heterocycles. The molecular weight excluding hydrogens is 326 g/mol. The Labute approximate surface area is 144 Å². The number of aryl methyl sites for hydroxylation is 1. The first-order chi connectivity index (χ1) is 11.6. The van der Waals surface area contributed by atoms with Crippen molar-refractivity contribution in [3.63, 3.8) is 0 Å². The summed E-state index contributed by atoms with van der Waals surface area (Å²) in [6.07, 6.45) is 1.13. The van der Waals surface area contributed by atoms with Crippen LogP contribution in [0, 0.1) is 6.92 Å². The number of carbonyl (C=O) groups excluding carboxylic acids is 2. The SMILES string of the molecule is COC(=O)c1c(NC(=O)C2CCCO2)sc(C)c1-c1ccccc1. The molecule has 1 atom stereocenters. The van der Waals surface area contributed by atoms with Crippen molar-refractivity contribution in [1.82, 2.24) is 0 Å². The fourth-order valence-corrected chi connectivity index (χ4v) is 3.93. The third-order valence-corrected chi connectivity index (χ3v) is 5.02. The Morgan fingerprint density at radius 2 is 2.04 bits per heavy atom. The minimum absolute atomic E-state index is 0.210. The van der Waals surface area contributed by atoms with E-state index >= 15 is 0 Å². The predicted octanol–water partition coefficient (Wildman–Crippen LogP) is 3.63. The molecule has 1 fully saturated rings. The van der Waals surface area contributed by atoms with Crippen LogP contribution < -0.4 is 5.32 Å². The van der Waals surface area contributed by atoms with E-state index in [1.54, 1.807) is 0 Å². The molecule has 24 heavy (non-hydrogen) atoms. The second kappa shape index (κ2) is 7.15. The molecule has 126 valence electrons. The van der Waals surface area contributed by atoms with E-state index in [1.165, 1.54) is 18.4 Å². The van der Waals surface area contributed by atoms with E-state index in [0.29, 0.717) is 23.6 Å². The summed E-state index contributed by atoms with van der Waals surface area (Å²) in [6, 6.07) is 9.62. The summed E-state index contributed by atoms with van der Waals surface area (Å²) in [5.41, 5.74) is 2.12. The Bertz CT molecular complexity index is 748. The number of methoxy groups -OCH3 is 1. The zero-order valence-corrected chi connectivity index (χ0v) is 14.4. The normalized spacial score (nSPS) is 16.8. The third kappa shape index (κ3) is 3.20. The molecule has 1 unspecified atom stereocenters. The van der Waals surface area contributed by atoms with Gasteiger partial charge in [-0.3, -0.25) is 4.79 Å². The summed E-state index contributed by atoms with van der Waals surface area (Å²) >= 11 is 1.38. The van der Waals surface area contributed by atoms with Crippen LogP contribution in [0.4, 0.5) is 5.00 Å². The number of hydrogen-bond acceptors (Lipinski definition) is 5. The number of esters is 1. The minimum atomic E-state index is -0.458. The molecule has 5 nitrogen and oxygen atoms in total. The van der Waals surface area contributed by atoms with Crippen LogP contribution in [0.2, 0.25) is 0 Å². The lowest BCUT2D eigenvalue weighted by atomic mass is 10.0. The Balaban J connectivity index is 2.00. The molecule has 0 saturated carbocycles. The standard InChI is InChI=1S/C18H19NO4S/c1-11-14(12-7-4-3-5-8-12)15(18(21)22-2)17(24-11)19-16(20)13-9-6-10-23-13/h3-5,7-8,13H,6,9-10H2,1-2H3,(H,19,20). The molecule has 2 aromatic rings. The molecule has 6 heteroatoms. The zero-order chi connectivity index (χ0) is 17.1. The molecule has 3 rings (SSSR count). The molecule has 1 saturated heterocycles. The Hall–Kier alpha value is -2.18. The van der Waals surface area contributed by atoms with Crippen molar-refractivity contribution >= 4 is 28.2 Å². The Kier molecular flexibility index (Phi) is 4.97. The van der Waals surface area contributed by atoms with E-state index in [1.807, 2.05) is 37.3 Å². The van der Waals surface area contributed by atoms with Crippen molar-refractivity contribution in [3.05, 3.63) is 40.8 Å². The highest BCUT2D eigenvalue weighted by Crippen LogP contribution is 2.40. The van der Waals surface area contributed by atoms with Gasteiger partial charge in [0.05, 0.1) is 7.11 Å². The number of rotatable bonds is 4. The summed E-state index contributed by atoms with van der Waals surface area (Å²) in [4.78, 5) is 25.6. The average Bonchev–Trinajstić information content (AvgIpc) is 3.23. The summed E-state index contributed by atoms with van der Waals surface area (Å²) in [5.74, 6) is -0.667. The maximum atomic E-state index is 12.4. The van der Waals surface area contributed by atoms with Crippen molar-refractivity contribution in [2.45, 2.75) is 25.9 Å². The molecule has 0 aliphatic carbocycles. The van der Waals surface area contributed by atoms with E-state index < -0.39 is 12.1 Å². The number of anilines is 1. The maximum absolute atomic E-state index is 12.4. The van der Waals surface area contributed by atoms with Crippen LogP contribution in [0.5, 0.6) is 0 Å². The van der Waals surface area contributed by atoms with Crippen LogP contribution in [-0.4, -0.2) is 31.7 Å².